The van der Waals surface area contributed by atoms with Crippen molar-refractivity contribution in [3.05, 3.63) is 65.7 Å². The van der Waals surface area contributed by atoms with E-state index in [0.717, 1.165) is 22.7 Å². The molecule has 0 aliphatic carbocycles. The summed E-state index contributed by atoms with van der Waals surface area (Å²) >= 11 is 0. The maximum atomic E-state index is 11.1. The zero-order valence-electron chi connectivity index (χ0n) is 11.5. The van der Waals surface area contributed by atoms with Crippen LogP contribution in [0.4, 0.5) is 0 Å². The molecule has 1 N–H and O–H groups in total. The Morgan fingerprint density at radius 3 is 2.67 bits per heavy atom. The fourth-order valence-corrected chi connectivity index (χ4v) is 2.23. The molecule has 2 heterocycles. The Labute approximate surface area is 121 Å². The highest BCUT2D eigenvalue weighted by atomic mass is 16.5. The first-order valence-electron chi connectivity index (χ1n) is 6.49. The highest BCUT2D eigenvalue weighted by Crippen LogP contribution is 2.16. The first kappa shape index (κ1) is 13.2. The van der Waals surface area contributed by atoms with E-state index in [2.05, 4.69) is 4.98 Å². The van der Waals surface area contributed by atoms with Crippen LogP contribution in [0.25, 0.3) is 5.52 Å². The molecule has 0 unspecified atom stereocenters. The van der Waals surface area contributed by atoms with Gasteiger partial charge in [-0.15, -0.1) is 0 Å². The molecule has 0 fully saturated rings. The number of methoxy groups -OCH3 is 1. The number of carboxylic acids is 1. The first-order valence-corrected chi connectivity index (χ1v) is 6.49. The number of imidazole rings is 1. The van der Waals surface area contributed by atoms with E-state index >= 15 is 0 Å². The molecule has 0 saturated heterocycles. The Kier molecular flexibility index (Phi) is 3.31. The van der Waals surface area contributed by atoms with Crippen molar-refractivity contribution >= 4 is 11.5 Å². The van der Waals surface area contributed by atoms with Crippen LogP contribution in [-0.2, 0) is 6.42 Å². The average molecular weight is 282 g/mol. The predicted molar refractivity (Wildman–Crippen MR) is 78.0 cm³/mol. The SMILES string of the molecule is COc1ccc(Cc2ncc3ccc(C(=O)O)cn23)cc1. The zero-order valence-corrected chi connectivity index (χ0v) is 11.5. The van der Waals surface area contributed by atoms with Crippen LogP contribution >= 0.6 is 0 Å². The van der Waals surface area contributed by atoms with Gasteiger partial charge in [-0.3, -0.25) is 0 Å². The molecular weight excluding hydrogens is 268 g/mol. The minimum Gasteiger partial charge on any atom is -0.497 e. The number of carboxylic acid groups (broad SMARTS) is 1. The molecule has 0 atom stereocenters. The van der Waals surface area contributed by atoms with Crippen molar-refractivity contribution in [2.45, 2.75) is 6.42 Å². The molecule has 21 heavy (non-hydrogen) atoms. The van der Waals surface area contributed by atoms with Crippen LogP contribution in [0.2, 0.25) is 0 Å². The molecule has 5 heteroatoms. The second-order valence-corrected chi connectivity index (χ2v) is 4.72. The number of aromatic nitrogens is 2. The highest BCUT2D eigenvalue weighted by molar-refractivity contribution is 5.87. The summed E-state index contributed by atoms with van der Waals surface area (Å²) in [5, 5.41) is 9.07. The fraction of sp³-hybridized carbons (Fsp3) is 0.125. The molecule has 0 bridgehead atoms. The lowest BCUT2D eigenvalue weighted by atomic mass is 10.1. The van der Waals surface area contributed by atoms with Crippen LogP contribution < -0.4 is 4.74 Å². The smallest absolute Gasteiger partial charge is 0.337 e. The molecule has 0 spiro atoms. The van der Waals surface area contributed by atoms with Crippen LogP contribution in [0.1, 0.15) is 21.7 Å². The summed E-state index contributed by atoms with van der Waals surface area (Å²) in [5.74, 6) is 0.666. The van der Waals surface area contributed by atoms with E-state index in [0.29, 0.717) is 6.42 Å². The van der Waals surface area contributed by atoms with E-state index in [-0.39, 0.29) is 5.56 Å². The number of nitrogens with zero attached hydrogens (tertiary/aromatic N) is 2. The summed E-state index contributed by atoms with van der Waals surface area (Å²) in [6, 6.07) is 11.1. The Morgan fingerprint density at radius 2 is 2.00 bits per heavy atom. The Morgan fingerprint density at radius 1 is 1.24 bits per heavy atom. The van der Waals surface area contributed by atoms with Crippen molar-refractivity contribution in [3.8, 4) is 5.75 Å². The van der Waals surface area contributed by atoms with Gasteiger partial charge in [0.1, 0.15) is 11.6 Å². The average Bonchev–Trinajstić information content (AvgIpc) is 2.90. The van der Waals surface area contributed by atoms with Crippen LogP contribution in [0.15, 0.2) is 48.8 Å². The van der Waals surface area contributed by atoms with E-state index < -0.39 is 5.97 Å². The lowest BCUT2D eigenvalue weighted by Crippen LogP contribution is -2.01. The Bertz CT molecular complexity index is 791. The van der Waals surface area contributed by atoms with Gasteiger partial charge in [-0.1, -0.05) is 12.1 Å². The number of fused-ring (bicyclic) bond motifs is 1. The third-order valence-corrected chi connectivity index (χ3v) is 3.37. The lowest BCUT2D eigenvalue weighted by Gasteiger charge is -2.04. The van der Waals surface area contributed by atoms with Crippen molar-refractivity contribution in [1.29, 1.82) is 0 Å². The van der Waals surface area contributed by atoms with E-state index in [9.17, 15) is 4.79 Å². The van der Waals surface area contributed by atoms with E-state index in [1.807, 2.05) is 28.7 Å². The molecule has 0 saturated carbocycles. The molecule has 106 valence electrons. The maximum absolute atomic E-state index is 11.1. The largest absolute Gasteiger partial charge is 0.497 e. The van der Waals surface area contributed by atoms with Gasteiger partial charge in [-0.25, -0.2) is 9.78 Å². The second kappa shape index (κ2) is 5.28. The molecule has 3 rings (SSSR count). The molecule has 0 aliphatic heterocycles. The molecule has 5 nitrogen and oxygen atoms in total. The van der Waals surface area contributed by atoms with Crippen LogP contribution in [0.3, 0.4) is 0 Å². The van der Waals surface area contributed by atoms with Crippen molar-refractivity contribution in [2.24, 2.45) is 0 Å². The minimum atomic E-state index is -0.944. The van der Waals surface area contributed by atoms with Crippen molar-refractivity contribution in [2.75, 3.05) is 7.11 Å². The molecule has 2 aromatic heterocycles. The standard InChI is InChI=1S/C16H14N2O3/c1-21-14-6-2-11(3-7-14)8-15-17-9-13-5-4-12(16(19)20)10-18(13)15/h2-7,9-10H,8H2,1H3,(H,19,20). The number of ether oxygens (including phenoxy) is 1. The normalized spacial score (nSPS) is 10.7. The monoisotopic (exact) mass is 282 g/mol. The zero-order chi connectivity index (χ0) is 14.8. The van der Waals surface area contributed by atoms with Gasteiger partial charge in [-0.05, 0) is 29.8 Å². The summed E-state index contributed by atoms with van der Waals surface area (Å²) < 4.78 is 6.94. The van der Waals surface area contributed by atoms with Crippen LogP contribution in [-0.4, -0.2) is 27.6 Å². The molecule has 0 radical (unpaired) electrons. The number of carbonyl (C=O) groups is 1. The Balaban J connectivity index is 1.95. The van der Waals surface area contributed by atoms with Gasteiger partial charge in [0.05, 0.1) is 24.4 Å². The summed E-state index contributed by atoms with van der Waals surface area (Å²) in [5.41, 5.74) is 2.21. The van der Waals surface area contributed by atoms with Crippen molar-refractivity contribution < 1.29 is 14.6 Å². The van der Waals surface area contributed by atoms with E-state index in [4.69, 9.17) is 9.84 Å². The van der Waals surface area contributed by atoms with Gasteiger partial charge in [0, 0.05) is 12.6 Å². The fourth-order valence-electron chi connectivity index (χ4n) is 2.23. The van der Waals surface area contributed by atoms with Gasteiger partial charge < -0.3 is 14.2 Å². The number of hydrogen-bond acceptors (Lipinski definition) is 3. The number of hydrogen-bond donors (Lipinski definition) is 1. The molecule has 0 aliphatic rings. The minimum absolute atomic E-state index is 0.247. The lowest BCUT2D eigenvalue weighted by molar-refractivity contribution is 0.0696. The second-order valence-electron chi connectivity index (χ2n) is 4.72. The number of benzene rings is 1. The van der Waals surface area contributed by atoms with Gasteiger partial charge in [-0.2, -0.15) is 0 Å². The third kappa shape index (κ3) is 2.58. The summed E-state index contributed by atoms with van der Waals surface area (Å²) in [7, 11) is 1.63. The van der Waals surface area contributed by atoms with Crippen LogP contribution in [0.5, 0.6) is 5.75 Å². The van der Waals surface area contributed by atoms with Gasteiger partial charge in [0.25, 0.3) is 0 Å². The van der Waals surface area contributed by atoms with Crippen LogP contribution in [0, 0.1) is 0 Å². The van der Waals surface area contributed by atoms with E-state index in [1.54, 1.807) is 31.6 Å². The maximum Gasteiger partial charge on any atom is 0.337 e. The molecular formula is C16H14N2O3. The quantitative estimate of drug-likeness (QED) is 0.799. The van der Waals surface area contributed by atoms with E-state index in [1.165, 1.54) is 0 Å². The summed E-state index contributed by atoms with van der Waals surface area (Å²) in [4.78, 5) is 15.4. The summed E-state index contributed by atoms with van der Waals surface area (Å²) in [6.45, 7) is 0. The number of pyridine rings is 1. The topological polar surface area (TPSA) is 63.8 Å². The van der Waals surface area contributed by atoms with Crippen molar-refractivity contribution in [3.63, 3.8) is 0 Å². The Hall–Kier alpha value is -2.82. The number of aromatic carboxylic acids is 1. The van der Waals surface area contributed by atoms with Gasteiger partial charge >= 0.3 is 5.97 Å². The first-order chi connectivity index (χ1) is 10.2. The van der Waals surface area contributed by atoms with Crippen molar-refractivity contribution in [1.82, 2.24) is 9.38 Å². The molecule has 3 aromatic rings. The molecule has 1 aromatic carbocycles. The third-order valence-electron chi connectivity index (χ3n) is 3.37. The molecule has 0 amide bonds. The predicted octanol–water partition coefficient (Wildman–Crippen LogP) is 2.63. The number of rotatable bonds is 4. The highest BCUT2D eigenvalue weighted by Gasteiger charge is 2.08. The van der Waals surface area contributed by atoms with Gasteiger partial charge in [0.15, 0.2) is 0 Å². The summed E-state index contributed by atoms with van der Waals surface area (Å²) in [6.07, 6.45) is 3.97. The van der Waals surface area contributed by atoms with Gasteiger partial charge in [0.2, 0.25) is 0 Å².